The van der Waals surface area contributed by atoms with Gasteiger partial charge in [0.05, 0.1) is 0 Å². The zero-order valence-corrected chi connectivity index (χ0v) is 12.0. The molecule has 0 saturated heterocycles. The van der Waals surface area contributed by atoms with Crippen LogP contribution >= 0.6 is 0 Å². The third-order valence-corrected chi connectivity index (χ3v) is 4.32. The van der Waals surface area contributed by atoms with E-state index in [0.717, 1.165) is 12.1 Å². The largest absolute Gasteiger partial charge is 0.326 e. The lowest BCUT2D eigenvalue weighted by Gasteiger charge is -2.06. The summed E-state index contributed by atoms with van der Waals surface area (Å²) in [5.41, 5.74) is 6.73. The minimum Gasteiger partial charge on any atom is -0.326 e. The minimum absolute atomic E-state index is 0.0176. The number of hydrogen-bond acceptors (Lipinski definition) is 4. The molecule has 0 atom stereocenters. The van der Waals surface area contributed by atoms with Gasteiger partial charge in [-0.2, -0.15) is 5.10 Å². The number of benzene rings is 1. The summed E-state index contributed by atoms with van der Waals surface area (Å²) in [6.07, 6.45) is 0. The molecule has 0 amide bonds. The lowest BCUT2D eigenvalue weighted by Crippen LogP contribution is -2.25. The van der Waals surface area contributed by atoms with Gasteiger partial charge in [0, 0.05) is 24.3 Å². The highest BCUT2D eigenvalue weighted by atomic mass is 32.2. The van der Waals surface area contributed by atoms with E-state index in [1.807, 2.05) is 0 Å². The first-order chi connectivity index (χ1) is 9.85. The van der Waals surface area contributed by atoms with Gasteiger partial charge in [-0.3, -0.25) is 5.10 Å². The molecule has 4 N–H and O–H groups in total. The van der Waals surface area contributed by atoms with Crippen LogP contribution in [0.3, 0.4) is 0 Å². The molecule has 0 fully saturated rings. The van der Waals surface area contributed by atoms with Crippen LogP contribution in [0.4, 0.5) is 8.78 Å². The third-order valence-electron chi connectivity index (χ3n) is 2.94. The molecule has 0 unspecified atom stereocenters. The first kappa shape index (κ1) is 15.5. The van der Waals surface area contributed by atoms with Gasteiger partial charge >= 0.3 is 0 Å². The Labute approximate surface area is 120 Å². The normalized spacial score (nSPS) is 11.8. The molecular formula is C12H14F2N4O2S. The lowest BCUT2D eigenvalue weighted by molar-refractivity contribution is 0.506. The van der Waals surface area contributed by atoms with Crippen molar-refractivity contribution >= 4 is 10.0 Å². The van der Waals surface area contributed by atoms with E-state index in [4.69, 9.17) is 5.73 Å². The van der Waals surface area contributed by atoms with Gasteiger partial charge in [0.15, 0.2) is 16.7 Å². The van der Waals surface area contributed by atoms with Crippen molar-refractivity contribution in [2.75, 3.05) is 0 Å². The van der Waals surface area contributed by atoms with E-state index in [-0.39, 0.29) is 18.1 Å². The molecule has 6 nitrogen and oxygen atoms in total. The predicted molar refractivity (Wildman–Crippen MR) is 71.6 cm³/mol. The number of aromatic nitrogens is 2. The second-order valence-corrected chi connectivity index (χ2v) is 6.09. The summed E-state index contributed by atoms with van der Waals surface area (Å²) in [4.78, 5) is 0. The van der Waals surface area contributed by atoms with Gasteiger partial charge in [-0.15, -0.1) is 0 Å². The fraction of sp³-hybridized carbons (Fsp3) is 0.250. The molecule has 0 aliphatic heterocycles. The lowest BCUT2D eigenvalue weighted by atomic mass is 10.2. The van der Waals surface area contributed by atoms with Crippen LogP contribution in [0.25, 0.3) is 0 Å². The van der Waals surface area contributed by atoms with Gasteiger partial charge < -0.3 is 5.73 Å². The van der Waals surface area contributed by atoms with E-state index in [1.54, 1.807) is 6.92 Å². The van der Waals surface area contributed by atoms with Crippen molar-refractivity contribution in [1.82, 2.24) is 14.9 Å². The number of aromatic amines is 1. The van der Waals surface area contributed by atoms with Gasteiger partial charge in [0.25, 0.3) is 10.0 Å². The molecule has 0 aliphatic carbocycles. The van der Waals surface area contributed by atoms with Crippen LogP contribution in [-0.2, 0) is 23.1 Å². The molecule has 0 saturated carbocycles. The molecule has 2 rings (SSSR count). The number of aryl methyl sites for hydroxylation is 1. The van der Waals surface area contributed by atoms with E-state index in [0.29, 0.717) is 16.8 Å². The fourth-order valence-electron chi connectivity index (χ4n) is 1.79. The van der Waals surface area contributed by atoms with Crippen LogP contribution in [0.2, 0.25) is 0 Å². The molecule has 1 heterocycles. The number of hydrogen-bond donors (Lipinski definition) is 3. The van der Waals surface area contributed by atoms with Crippen LogP contribution in [0.5, 0.6) is 0 Å². The maximum atomic E-state index is 13.1. The molecule has 9 heteroatoms. The Morgan fingerprint density at radius 1 is 1.33 bits per heavy atom. The average molecular weight is 316 g/mol. The number of H-pyrrole nitrogens is 1. The highest BCUT2D eigenvalue weighted by Gasteiger charge is 2.22. The topological polar surface area (TPSA) is 101 Å². The van der Waals surface area contributed by atoms with Crippen LogP contribution in [0.15, 0.2) is 23.2 Å². The van der Waals surface area contributed by atoms with Crippen molar-refractivity contribution in [1.29, 1.82) is 0 Å². The number of rotatable bonds is 5. The van der Waals surface area contributed by atoms with Crippen molar-refractivity contribution in [3.05, 3.63) is 46.7 Å². The molecule has 0 bridgehead atoms. The van der Waals surface area contributed by atoms with Crippen LogP contribution < -0.4 is 10.5 Å². The fourth-order valence-corrected chi connectivity index (χ4v) is 3.01. The maximum absolute atomic E-state index is 13.1. The van der Waals surface area contributed by atoms with Crippen LogP contribution in [0.1, 0.15) is 16.8 Å². The molecule has 1 aromatic carbocycles. The number of nitrogens with zero attached hydrogens (tertiary/aromatic N) is 1. The SMILES string of the molecule is Cc1[nH]nc(S(=O)(=O)NCc2ccc(F)c(F)c2)c1CN. The summed E-state index contributed by atoms with van der Waals surface area (Å²) < 4.78 is 52.4. The highest BCUT2D eigenvalue weighted by molar-refractivity contribution is 7.89. The Kier molecular flexibility index (Phi) is 4.35. The van der Waals surface area contributed by atoms with E-state index < -0.39 is 21.7 Å². The molecule has 2 aromatic rings. The summed E-state index contributed by atoms with van der Waals surface area (Å²) in [5, 5.41) is 6.07. The maximum Gasteiger partial charge on any atom is 0.260 e. The molecular weight excluding hydrogens is 302 g/mol. The zero-order chi connectivity index (χ0) is 15.6. The average Bonchev–Trinajstić information content (AvgIpc) is 2.82. The van der Waals surface area contributed by atoms with Crippen molar-refractivity contribution in [2.24, 2.45) is 5.73 Å². The number of halogens is 2. The molecule has 0 spiro atoms. The summed E-state index contributed by atoms with van der Waals surface area (Å²) >= 11 is 0. The van der Waals surface area contributed by atoms with Crippen molar-refractivity contribution in [2.45, 2.75) is 25.0 Å². The standard InChI is InChI=1S/C12H14F2N4O2S/c1-7-9(5-15)12(18-17-7)21(19,20)16-6-8-2-3-10(13)11(14)4-8/h2-4,16H,5-6,15H2,1H3,(H,17,18). The van der Waals surface area contributed by atoms with Gasteiger partial charge in [-0.25, -0.2) is 21.9 Å². The van der Waals surface area contributed by atoms with Crippen molar-refractivity contribution in [3.63, 3.8) is 0 Å². The third kappa shape index (κ3) is 3.26. The second kappa shape index (κ2) is 5.88. The Bertz CT molecular complexity index is 759. The summed E-state index contributed by atoms with van der Waals surface area (Å²) in [6.45, 7) is 1.49. The molecule has 114 valence electrons. The summed E-state index contributed by atoms with van der Waals surface area (Å²) in [6, 6.07) is 3.15. The van der Waals surface area contributed by atoms with E-state index >= 15 is 0 Å². The van der Waals surface area contributed by atoms with Gasteiger partial charge in [0.2, 0.25) is 0 Å². The number of nitrogens with one attached hydrogen (secondary N) is 2. The second-order valence-electron chi connectivity index (χ2n) is 4.41. The first-order valence-electron chi connectivity index (χ1n) is 6.02. The Morgan fingerprint density at radius 2 is 2.05 bits per heavy atom. The van der Waals surface area contributed by atoms with Gasteiger partial charge in [0.1, 0.15) is 0 Å². The van der Waals surface area contributed by atoms with E-state index in [1.165, 1.54) is 6.07 Å². The molecule has 1 aromatic heterocycles. The van der Waals surface area contributed by atoms with Crippen LogP contribution in [-0.4, -0.2) is 18.6 Å². The van der Waals surface area contributed by atoms with Gasteiger partial charge in [-0.05, 0) is 24.6 Å². The molecule has 0 radical (unpaired) electrons. The first-order valence-corrected chi connectivity index (χ1v) is 7.51. The Balaban J connectivity index is 2.19. The quantitative estimate of drug-likeness (QED) is 0.764. The smallest absolute Gasteiger partial charge is 0.260 e. The van der Waals surface area contributed by atoms with E-state index in [9.17, 15) is 17.2 Å². The summed E-state index contributed by atoms with van der Waals surface area (Å²) in [5.74, 6) is -2.03. The Morgan fingerprint density at radius 3 is 2.67 bits per heavy atom. The van der Waals surface area contributed by atoms with Gasteiger partial charge in [-0.1, -0.05) is 6.07 Å². The highest BCUT2D eigenvalue weighted by Crippen LogP contribution is 2.16. The summed E-state index contributed by atoms with van der Waals surface area (Å²) in [7, 11) is -3.89. The molecule has 21 heavy (non-hydrogen) atoms. The predicted octanol–water partition coefficient (Wildman–Crippen LogP) is 0.934. The minimum atomic E-state index is -3.89. The van der Waals surface area contributed by atoms with Crippen molar-refractivity contribution in [3.8, 4) is 0 Å². The van der Waals surface area contributed by atoms with Crippen LogP contribution in [0, 0.1) is 18.6 Å². The zero-order valence-electron chi connectivity index (χ0n) is 11.2. The molecule has 0 aliphatic rings. The number of nitrogens with two attached hydrogens (primary N) is 1. The number of sulfonamides is 1. The monoisotopic (exact) mass is 316 g/mol. The Hall–Kier alpha value is -1.84. The van der Waals surface area contributed by atoms with E-state index in [2.05, 4.69) is 14.9 Å². The van der Waals surface area contributed by atoms with Crippen molar-refractivity contribution < 1.29 is 17.2 Å².